The molecule has 238 valence electrons. The molecule has 1 saturated carbocycles. The van der Waals surface area contributed by atoms with Gasteiger partial charge < -0.3 is 26.0 Å². The van der Waals surface area contributed by atoms with E-state index in [-0.39, 0.29) is 31.6 Å². The van der Waals surface area contributed by atoms with Gasteiger partial charge in [-0.3, -0.25) is 9.59 Å². The molecule has 2 fully saturated rings. The molecule has 1 aliphatic heterocycles. The van der Waals surface area contributed by atoms with E-state index in [1.54, 1.807) is 0 Å². The zero-order chi connectivity index (χ0) is 32.5. The number of fused-ring (bicyclic) bond motifs is 2. The maximum atomic E-state index is 14.2. The van der Waals surface area contributed by atoms with Gasteiger partial charge in [0.1, 0.15) is 30.8 Å². The summed E-state index contributed by atoms with van der Waals surface area (Å²) in [7, 11) is 0. The van der Waals surface area contributed by atoms with E-state index in [2.05, 4.69) is 31.0 Å². The first kappa shape index (κ1) is 30.2. The molecule has 0 bridgehead atoms. The van der Waals surface area contributed by atoms with Crippen molar-refractivity contribution < 1.29 is 18.7 Å². The summed E-state index contributed by atoms with van der Waals surface area (Å²) in [4.78, 5) is 30.4. The Bertz CT molecular complexity index is 2040. The number of nitrogens with two attached hydrogens (primary N) is 1. The van der Waals surface area contributed by atoms with Crippen LogP contribution in [-0.2, 0) is 5.54 Å². The van der Waals surface area contributed by atoms with E-state index in [4.69, 9.17) is 10.5 Å². The number of ether oxygens (including phenoxy) is 1. The molecule has 14 heteroatoms. The molecule has 7 rings (SSSR count). The average Bonchev–Trinajstić information content (AvgIpc) is 3.57. The predicted molar refractivity (Wildman–Crippen MR) is 178 cm³/mol. The van der Waals surface area contributed by atoms with E-state index in [0.717, 1.165) is 51.7 Å². The average molecular weight is 661 g/mol. The molecule has 46 heavy (non-hydrogen) atoms. The molecular weight excluding hydrogens is 628 g/mol. The zero-order valence-electron chi connectivity index (χ0n) is 26.1. The predicted octanol–water partition coefficient (Wildman–Crippen LogP) is 5.56. The normalized spacial score (nSPS) is 16.3. The van der Waals surface area contributed by atoms with Gasteiger partial charge in [-0.05, 0) is 76.3 Å². The SMILES string of the molecule is Cc1nnc2sc(C(=O)NC3(c4ccc(OCNc5c(C(=O)N6CC(C)(F)C6)sc6nnc(C)c(C)c56)cc4)CC3)c(N)c2c1C. The molecule has 2 amide bonds. The van der Waals surface area contributed by atoms with Crippen molar-refractivity contribution in [3.63, 3.8) is 0 Å². The number of aromatic nitrogens is 4. The summed E-state index contributed by atoms with van der Waals surface area (Å²) in [5.74, 6) is 0.152. The highest BCUT2D eigenvalue weighted by Crippen LogP contribution is 2.47. The quantitative estimate of drug-likeness (QED) is 0.182. The highest BCUT2D eigenvalue weighted by molar-refractivity contribution is 7.21. The lowest BCUT2D eigenvalue weighted by Crippen LogP contribution is -2.59. The lowest BCUT2D eigenvalue weighted by molar-refractivity contribution is -0.00748. The number of alkyl halides is 1. The third-order valence-corrected chi connectivity index (χ3v) is 11.1. The topological polar surface area (TPSA) is 148 Å². The Hall–Kier alpha value is -4.43. The molecule has 4 aromatic heterocycles. The van der Waals surface area contributed by atoms with E-state index in [1.807, 2.05) is 52.0 Å². The monoisotopic (exact) mass is 660 g/mol. The zero-order valence-corrected chi connectivity index (χ0v) is 27.7. The maximum absolute atomic E-state index is 14.2. The van der Waals surface area contributed by atoms with Gasteiger partial charge in [0, 0.05) is 10.8 Å². The van der Waals surface area contributed by atoms with Crippen LogP contribution in [0.15, 0.2) is 24.3 Å². The molecule has 0 spiro atoms. The second kappa shape index (κ2) is 10.8. The molecule has 0 radical (unpaired) electrons. The van der Waals surface area contributed by atoms with Crippen LogP contribution in [0.5, 0.6) is 5.75 Å². The fraction of sp³-hybridized carbons (Fsp3) is 0.375. The number of thiophene rings is 2. The number of amides is 2. The lowest BCUT2D eigenvalue weighted by Gasteiger charge is -2.42. The summed E-state index contributed by atoms with van der Waals surface area (Å²) in [5.41, 5.74) is 9.99. The summed E-state index contributed by atoms with van der Waals surface area (Å²) in [6.07, 6.45) is 1.62. The summed E-state index contributed by atoms with van der Waals surface area (Å²) < 4.78 is 20.2. The Balaban J connectivity index is 1.05. The third kappa shape index (κ3) is 5.09. The van der Waals surface area contributed by atoms with Crippen LogP contribution in [0.4, 0.5) is 15.8 Å². The molecular formula is C32H33FN8O3S2. The number of rotatable bonds is 8. The van der Waals surface area contributed by atoms with Crippen molar-refractivity contribution in [3.8, 4) is 5.75 Å². The van der Waals surface area contributed by atoms with Gasteiger partial charge in [-0.2, -0.15) is 10.2 Å². The van der Waals surface area contributed by atoms with Crippen LogP contribution in [0.3, 0.4) is 0 Å². The third-order valence-electron chi connectivity index (χ3n) is 8.96. The Morgan fingerprint density at radius 1 is 0.935 bits per heavy atom. The van der Waals surface area contributed by atoms with Gasteiger partial charge >= 0.3 is 0 Å². The number of nitrogens with one attached hydrogen (secondary N) is 2. The minimum absolute atomic E-state index is 0.0551. The number of hydrogen-bond acceptors (Lipinski definition) is 11. The number of hydrogen-bond donors (Lipinski definition) is 3. The minimum atomic E-state index is -1.37. The standard InChI is InChI=1S/C32H33FN8O3S2/c1-15-17(3)37-39-28-21(15)23(34)25(45-28)27(42)36-32(10-11-32)19-6-8-20(9-7-19)44-14-35-24-22-16(2)18(4)38-40-29(22)46-26(24)30(43)41-12-31(5,33)13-41/h6-9,35H,10-14,34H2,1-5H3,(H,36,42). The minimum Gasteiger partial charge on any atom is -0.473 e. The smallest absolute Gasteiger partial charge is 0.266 e. The van der Waals surface area contributed by atoms with Gasteiger partial charge in [-0.25, -0.2) is 4.39 Å². The van der Waals surface area contributed by atoms with Crippen LogP contribution in [0.25, 0.3) is 20.4 Å². The molecule has 1 saturated heterocycles. The van der Waals surface area contributed by atoms with Crippen LogP contribution in [0, 0.1) is 27.7 Å². The molecule has 2 aliphatic rings. The van der Waals surface area contributed by atoms with E-state index in [1.165, 1.54) is 34.5 Å². The molecule has 0 atom stereocenters. The Morgan fingerprint density at radius 3 is 2.13 bits per heavy atom. The summed E-state index contributed by atoms with van der Waals surface area (Å²) in [6, 6.07) is 7.62. The first-order chi connectivity index (χ1) is 21.9. The number of nitrogen functional groups attached to an aromatic ring is 1. The van der Waals surface area contributed by atoms with Crippen molar-refractivity contribution in [2.45, 2.75) is 58.7 Å². The van der Waals surface area contributed by atoms with Crippen LogP contribution in [0.2, 0.25) is 0 Å². The van der Waals surface area contributed by atoms with Crippen LogP contribution < -0.4 is 21.1 Å². The Labute approximate surface area is 272 Å². The highest BCUT2D eigenvalue weighted by Gasteiger charge is 2.46. The van der Waals surface area contributed by atoms with Crippen LogP contribution in [0.1, 0.15) is 67.2 Å². The lowest BCUT2D eigenvalue weighted by atomic mass is 9.98. The number of anilines is 2. The molecule has 1 aromatic carbocycles. The van der Waals surface area contributed by atoms with Crippen molar-refractivity contribution in [2.24, 2.45) is 0 Å². The van der Waals surface area contributed by atoms with Gasteiger partial charge in [-0.15, -0.1) is 32.9 Å². The van der Waals surface area contributed by atoms with Crippen molar-refractivity contribution in [3.05, 3.63) is 62.1 Å². The molecule has 4 N–H and O–H groups in total. The number of halogens is 1. The van der Waals surface area contributed by atoms with E-state index in [9.17, 15) is 14.0 Å². The first-order valence-corrected chi connectivity index (χ1v) is 16.6. The van der Waals surface area contributed by atoms with Crippen molar-refractivity contribution in [1.82, 2.24) is 30.6 Å². The van der Waals surface area contributed by atoms with Gasteiger partial charge in [0.25, 0.3) is 11.8 Å². The number of benzene rings is 1. The molecule has 5 aromatic rings. The second-order valence-electron chi connectivity index (χ2n) is 12.4. The fourth-order valence-electron chi connectivity index (χ4n) is 5.93. The van der Waals surface area contributed by atoms with E-state index in [0.29, 0.717) is 36.5 Å². The largest absolute Gasteiger partial charge is 0.473 e. The van der Waals surface area contributed by atoms with E-state index >= 15 is 0 Å². The van der Waals surface area contributed by atoms with Gasteiger partial charge in [0.05, 0.1) is 41.4 Å². The summed E-state index contributed by atoms with van der Waals surface area (Å²) in [6.45, 7) is 9.31. The number of carbonyl (C=O) groups is 2. The van der Waals surface area contributed by atoms with E-state index < -0.39 is 11.2 Å². The summed E-state index contributed by atoms with van der Waals surface area (Å²) >= 11 is 2.50. The van der Waals surface area contributed by atoms with Crippen LogP contribution >= 0.6 is 22.7 Å². The highest BCUT2D eigenvalue weighted by atomic mass is 32.1. The van der Waals surface area contributed by atoms with Crippen molar-refractivity contribution >= 4 is 66.3 Å². The second-order valence-corrected chi connectivity index (χ2v) is 14.4. The Kier molecular flexibility index (Phi) is 7.12. The number of likely N-dealkylation sites (tertiary alicyclic amines) is 1. The van der Waals surface area contributed by atoms with Gasteiger partial charge in [0.15, 0.2) is 6.73 Å². The van der Waals surface area contributed by atoms with Gasteiger partial charge in [-0.1, -0.05) is 12.1 Å². The van der Waals surface area contributed by atoms with Gasteiger partial charge in [0.2, 0.25) is 0 Å². The molecule has 0 unspecified atom stereocenters. The summed E-state index contributed by atoms with van der Waals surface area (Å²) in [5, 5.41) is 25.0. The van der Waals surface area contributed by atoms with Crippen LogP contribution in [-0.4, -0.2) is 62.6 Å². The fourth-order valence-corrected chi connectivity index (χ4v) is 8.05. The Morgan fingerprint density at radius 2 is 1.52 bits per heavy atom. The molecule has 11 nitrogen and oxygen atoms in total. The molecule has 5 heterocycles. The number of carbonyl (C=O) groups excluding carboxylic acids is 2. The first-order valence-electron chi connectivity index (χ1n) is 14.9. The maximum Gasteiger partial charge on any atom is 0.266 e. The number of nitrogens with zero attached hydrogens (tertiary/aromatic N) is 5. The molecule has 1 aliphatic carbocycles. The number of aryl methyl sites for hydroxylation is 4. The van der Waals surface area contributed by atoms with Crippen molar-refractivity contribution in [1.29, 1.82) is 0 Å². The van der Waals surface area contributed by atoms with Crippen molar-refractivity contribution in [2.75, 3.05) is 30.9 Å².